The van der Waals surface area contributed by atoms with Gasteiger partial charge in [0.25, 0.3) is 0 Å². The number of hydrogen-bond donors (Lipinski definition) is 1. The Morgan fingerprint density at radius 3 is 1.86 bits per heavy atom. The van der Waals surface area contributed by atoms with Crippen LogP contribution < -0.4 is 5.32 Å². The van der Waals surface area contributed by atoms with Crippen molar-refractivity contribution in [1.82, 2.24) is 0 Å². The standard InChI is InChI=1S/C18H27Cl2N/c19-15-12-13-17(20)18(14-15)21-16-10-8-6-4-2-1-3-5-7-9-11-16/h12-14,16,21H,1-11H2. The van der Waals surface area contributed by atoms with Gasteiger partial charge in [-0.3, -0.25) is 0 Å². The summed E-state index contributed by atoms with van der Waals surface area (Å²) in [6.45, 7) is 0. The summed E-state index contributed by atoms with van der Waals surface area (Å²) in [5.74, 6) is 0. The van der Waals surface area contributed by atoms with Gasteiger partial charge in [0, 0.05) is 11.1 Å². The van der Waals surface area contributed by atoms with Gasteiger partial charge in [-0.25, -0.2) is 0 Å². The Balaban J connectivity index is 1.92. The quantitative estimate of drug-likeness (QED) is 0.611. The zero-order chi connectivity index (χ0) is 14.9. The van der Waals surface area contributed by atoms with E-state index in [1.54, 1.807) is 0 Å². The summed E-state index contributed by atoms with van der Waals surface area (Å²) in [5.41, 5.74) is 0.987. The van der Waals surface area contributed by atoms with Crippen molar-refractivity contribution < 1.29 is 0 Å². The van der Waals surface area contributed by atoms with Crippen LogP contribution in [0.15, 0.2) is 18.2 Å². The number of hydrogen-bond acceptors (Lipinski definition) is 1. The zero-order valence-corrected chi connectivity index (χ0v) is 14.4. The normalized spacial score (nSPS) is 19.5. The summed E-state index contributed by atoms with van der Waals surface area (Å²) >= 11 is 12.4. The Morgan fingerprint density at radius 2 is 1.29 bits per heavy atom. The number of benzene rings is 1. The van der Waals surface area contributed by atoms with Crippen LogP contribution in [-0.4, -0.2) is 6.04 Å². The Bertz CT molecular complexity index is 408. The molecule has 0 atom stereocenters. The summed E-state index contributed by atoms with van der Waals surface area (Å²) in [5, 5.41) is 5.14. The van der Waals surface area contributed by atoms with Crippen molar-refractivity contribution in [2.75, 3.05) is 5.32 Å². The Labute approximate surface area is 139 Å². The van der Waals surface area contributed by atoms with Crippen LogP contribution in [0.25, 0.3) is 0 Å². The van der Waals surface area contributed by atoms with Crippen molar-refractivity contribution in [2.45, 2.75) is 76.7 Å². The fraction of sp³-hybridized carbons (Fsp3) is 0.667. The van der Waals surface area contributed by atoms with Gasteiger partial charge in [0.2, 0.25) is 0 Å². The first-order valence-electron chi connectivity index (χ1n) is 8.47. The van der Waals surface area contributed by atoms with Crippen LogP contribution in [0.1, 0.15) is 70.6 Å². The summed E-state index contributed by atoms with van der Waals surface area (Å²) in [7, 11) is 0. The van der Waals surface area contributed by atoms with Gasteiger partial charge >= 0.3 is 0 Å². The first kappa shape index (κ1) is 17.0. The molecule has 1 aromatic rings. The van der Waals surface area contributed by atoms with Crippen molar-refractivity contribution in [2.24, 2.45) is 0 Å². The molecule has 118 valence electrons. The third-order valence-corrected chi connectivity index (χ3v) is 4.96. The molecule has 0 amide bonds. The lowest BCUT2D eigenvalue weighted by Crippen LogP contribution is -2.20. The van der Waals surface area contributed by atoms with Gasteiger partial charge in [-0.2, -0.15) is 0 Å². The minimum atomic E-state index is 0.528. The van der Waals surface area contributed by atoms with Crippen LogP contribution in [0.4, 0.5) is 5.69 Å². The van der Waals surface area contributed by atoms with E-state index in [4.69, 9.17) is 23.2 Å². The first-order valence-corrected chi connectivity index (χ1v) is 9.23. The highest BCUT2D eigenvalue weighted by molar-refractivity contribution is 6.35. The number of anilines is 1. The van der Waals surface area contributed by atoms with Gasteiger partial charge in [0.1, 0.15) is 0 Å². The molecule has 1 N–H and O–H groups in total. The van der Waals surface area contributed by atoms with Crippen molar-refractivity contribution >= 4 is 28.9 Å². The molecular formula is C18H27Cl2N. The maximum Gasteiger partial charge on any atom is 0.0638 e. The molecule has 1 nitrogen and oxygen atoms in total. The lowest BCUT2D eigenvalue weighted by Gasteiger charge is -2.21. The van der Waals surface area contributed by atoms with E-state index in [0.29, 0.717) is 6.04 Å². The SMILES string of the molecule is Clc1ccc(Cl)c(NC2CCCCCCCCCCC2)c1. The van der Waals surface area contributed by atoms with E-state index in [1.165, 1.54) is 70.6 Å². The molecule has 1 fully saturated rings. The fourth-order valence-corrected chi connectivity index (χ4v) is 3.48. The van der Waals surface area contributed by atoms with E-state index in [1.807, 2.05) is 18.2 Å². The fourth-order valence-electron chi connectivity index (χ4n) is 3.14. The maximum absolute atomic E-state index is 6.27. The Hall–Kier alpha value is -0.400. The predicted octanol–water partition coefficient (Wildman–Crippen LogP) is 7.08. The summed E-state index contributed by atoms with van der Waals surface area (Å²) in [4.78, 5) is 0. The third-order valence-electron chi connectivity index (χ3n) is 4.39. The van der Waals surface area contributed by atoms with Crippen molar-refractivity contribution in [3.63, 3.8) is 0 Å². The average Bonchev–Trinajstić information content (AvgIpc) is 2.45. The molecule has 21 heavy (non-hydrogen) atoms. The molecule has 1 aliphatic carbocycles. The van der Waals surface area contributed by atoms with E-state index >= 15 is 0 Å². The molecule has 0 heterocycles. The van der Waals surface area contributed by atoms with Crippen LogP contribution in [0.2, 0.25) is 10.0 Å². The molecule has 0 unspecified atom stereocenters. The second-order valence-electron chi connectivity index (χ2n) is 6.22. The van der Waals surface area contributed by atoms with E-state index in [2.05, 4.69) is 5.32 Å². The van der Waals surface area contributed by atoms with E-state index < -0.39 is 0 Å². The summed E-state index contributed by atoms with van der Waals surface area (Å²) < 4.78 is 0. The first-order chi connectivity index (χ1) is 10.3. The minimum absolute atomic E-state index is 0.528. The smallest absolute Gasteiger partial charge is 0.0638 e. The van der Waals surface area contributed by atoms with Gasteiger partial charge in [0.15, 0.2) is 0 Å². The zero-order valence-electron chi connectivity index (χ0n) is 12.8. The minimum Gasteiger partial charge on any atom is -0.381 e. The van der Waals surface area contributed by atoms with Crippen LogP contribution in [0, 0.1) is 0 Å². The molecule has 0 aliphatic heterocycles. The van der Waals surface area contributed by atoms with Gasteiger partial charge in [-0.05, 0) is 31.0 Å². The molecule has 1 saturated carbocycles. The molecule has 3 heteroatoms. The lowest BCUT2D eigenvalue weighted by atomic mass is 9.98. The average molecular weight is 328 g/mol. The predicted molar refractivity (Wildman–Crippen MR) is 94.7 cm³/mol. The van der Waals surface area contributed by atoms with Gasteiger partial charge in [0.05, 0.1) is 10.7 Å². The van der Waals surface area contributed by atoms with Gasteiger partial charge < -0.3 is 5.32 Å². The Morgan fingerprint density at radius 1 is 0.762 bits per heavy atom. The topological polar surface area (TPSA) is 12.0 Å². The Kier molecular flexibility index (Phi) is 7.74. The van der Waals surface area contributed by atoms with E-state index in [0.717, 1.165) is 15.7 Å². The molecule has 0 bridgehead atoms. The van der Waals surface area contributed by atoms with Crippen molar-refractivity contribution in [1.29, 1.82) is 0 Å². The second-order valence-corrected chi connectivity index (χ2v) is 7.07. The maximum atomic E-state index is 6.27. The van der Waals surface area contributed by atoms with Crippen molar-refractivity contribution in [3.05, 3.63) is 28.2 Å². The number of halogens is 2. The molecule has 1 aliphatic rings. The van der Waals surface area contributed by atoms with Crippen LogP contribution in [0.3, 0.4) is 0 Å². The largest absolute Gasteiger partial charge is 0.381 e. The summed E-state index contributed by atoms with van der Waals surface area (Å²) in [6.07, 6.45) is 14.9. The van der Waals surface area contributed by atoms with E-state index in [-0.39, 0.29) is 0 Å². The monoisotopic (exact) mass is 327 g/mol. The molecule has 0 saturated heterocycles. The molecule has 0 spiro atoms. The molecule has 0 aromatic heterocycles. The lowest BCUT2D eigenvalue weighted by molar-refractivity contribution is 0.480. The van der Waals surface area contributed by atoms with Crippen LogP contribution >= 0.6 is 23.2 Å². The second kappa shape index (κ2) is 9.58. The van der Waals surface area contributed by atoms with Crippen molar-refractivity contribution in [3.8, 4) is 0 Å². The molecule has 2 rings (SSSR count). The molecular weight excluding hydrogens is 301 g/mol. The van der Waals surface area contributed by atoms with Gasteiger partial charge in [-0.15, -0.1) is 0 Å². The number of nitrogens with one attached hydrogen (secondary N) is 1. The highest BCUT2D eigenvalue weighted by atomic mass is 35.5. The summed E-state index contributed by atoms with van der Waals surface area (Å²) in [6, 6.07) is 6.19. The van der Waals surface area contributed by atoms with Gasteiger partial charge in [-0.1, -0.05) is 81.0 Å². The molecule has 1 aromatic carbocycles. The third kappa shape index (κ3) is 6.48. The highest BCUT2D eigenvalue weighted by Gasteiger charge is 2.11. The van der Waals surface area contributed by atoms with E-state index in [9.17, 15) is 0 Å². The number of rotatable bonds is 2. The molecule has 0 radical (unpaired) electrons. The van der Waals surface area contributed by atoms with Crippen LogP contribution in [0.5, 0.6) is 0 Å². The van der Waals surface area contributed by atoms with Crippen LogP contribution in [-0.2, 0) is 0 Å². The highest BCUT2D eigenvalue weighted by Crippen LogP contribution is 2.28.